The van der Waals surface area contributed by atoms with E-state index in [0.717, 1.165) is 45.3 Å². The van der Waals surface area contributed by atoms with Gasteiger partial charge in [0, 0.05) is 25.4 Å². The first-order valence-corrected chi connectivity index (χ1v) is 6.70. The number of Topliss-reactive ketones (excluding diaryl/α,β-unsaturated/α-hetero) is 1. The molecule has 0 amide bonds. The van der Waals surface area contributed by atoms with E-state index in [9.17, 15) is 4.79 Å². The highest BCUT2D eigenvalue weighted by molar-refractivity contribution is 5.82. The van der Waals surface area contributed by atoms with Crippen molar-refractivity contribution in [3.8, 4) is 0 Å². The molecule has 0 radical (unpaired) electrons. The maximum atomic E-state index is 11.5. The second-order valence-corrected chi connectivity index (χ2v) is 5.35. The Hall–Kier alpha value is -0.450. The van der Waals surface area contributed by atoms with Gasteiger partial charge in [-0.15, -0.1) is 0 Å². The van der Waals surface area contributed by atoms with E-state index in [1.165, 1.54) is 0 Å². The molecule has 3 unspecified atom stereocenters. The lowest BCUT2D eigenvalue weighted by molar-refractivity contribution is -0.121. The Balaban J connectivity index is 1.76. The van der Waals surface area contributed by atoms with Crippen LogP contribution in [-0.2, 0) is 9.53 Å². The first kappa shape index (κ1) is 13.0. The number of carbonyl (C=O) groups excluding carboxylic acids is 1. The van der Waals surface area contributed by atoms with Gasteiger partial charge in [0.15, 0.2) is 0 Å². The fraction of sp³-hybridized carbons (Fsp3) is 0.923. The van der Waals surface area contributed by atoms with Crippen LogP contribution in [0.4, 0.5) is 0 Å². The van der Waals surface area contributed by atoms with Gasteiger partial charge in [0.2, 0.25) is 0 Å². The minimum atomic E-state index is -0.0574. The Bertz CT molecular complexity index is 269. The van der Waals surface area contributed by atoms with Crippen molar-refractivity contribution in [1.82, 2.24) is 4.90 Å². The Morgan fingerprint density at radius 2 is 2.29 bits per heavy atom. The zero-order valence-corrected chi connectivity index (χ0v) is 10.6. The van der Waals surface area contributed by atoms with Crippen LogP contribution in [0.1, 0.15) is 32.6 Å². The monoisotopic (exact) mass is 241 g/mol. The molecule has 0 aromatic carbocycles. The van der Waals surface area contributed by atoms with Gasteiger partial charge in [0.25, 0.3) is 0 Å². The predicted octanol–water partition coefficient (Wildman–Crippen LogP) is 0.827. The SMILES string of the molecule is CC1CN(CCC2CCCC2=O)CC(CO)O1. The number of hydrogen-bond donors (Lipinski definition) is 1. The van der Waals surface area contributed by atoms with Gasteiger partial charge < -0.3 is 9.84 Å². The molecule has 1 N–H and O–H groups in total. The van der Waals surface area contributed by atoms with Crippen molar-refractivity contribution in [2.75, 3.05) is 26.2 Å². The molecule has 4 nitrogen and oxygen atoms in total. The van der Waals surface area contributed by atoms with E-state index in [1.807, 2.05) is 6.92 Å². The third kappa shape index (κ3) is 3.50. The molecular weight excluding hydrogens is 218 g/mol. The smallest absolute Gasteiger partial charge is 0.136 e. The molecule has 3 atom stereocenters. The van der Waals surface area contributed by atoms with Gasteiger partial charge >= 0.3 is 0 Å². The van der Waals surface area contributed by atoms with E-state index < -0.39 is 0 Å². The summed E-state index contributed by atoms with van der Waals surface area (Å²) in [5, 5.41) is 9.14. The molecular formula is C13H23NO3. The van der Waals surface area contributed by atoms with Crippen molar-refractivity contribution >= 4 is 5.78 Å². The maximum absolute atomic E-state index is 11.5. The second kappa shape index (κ2) is 5.94. The Labute approximate surface area is 103 Å². The number of nitrogens with zero attached hydrogens (tertiary/aromatic N) is 1. The Morgan fingerprint density at radius 3 is 2.94 bits per heavy atom. The van der Waals surface area contributed by atoms with Crippen LogP contribution < -0.4 is 0 Å². The fourth-order valence-electron chi connectivity index (χ4n) is 2.96. The number of ketones is 1. The molecule has 17 heavy (non-hydrogen) atoms. The van der Waals surface area contributed by atoms with Crippen LogP contribution in [0.15, 0.2) is 0 Å². The standard InChI is InChI=1S/C13H23NO3/c1-10-7-14(8-12(9-15)17-10)6-5-11-3-2-4-13(11)16/h10-12,15H,2-9H2,1H3. The Kier molecular flexibility index (Phi) is 4.54. The van der Waals surface area contributed by atoms with Crippen molar-refractivity contribution in [2.24, 2.45) is 5.92 Å². The molecule has 2 rings (SSSR count). The second-order valence-electron chi connectivity index (χ2n) is 5.35. The highest BCUT2D eigenvalue weighted by atomic mass is 16.5. The lowest BCUT2D eigenvalue weighted by atomic mass is 10.0. The number of ether oxygens (including phenoxy) is 1. The van der Waals surface area contributed by atoms with E-state index in [-0.39, 0.29) is 18.8 Å². The van der Waals surface area contributed by atoms with E-state index in [1.54, 1.807) is 0 Å². The minimum absolute atomic E-state index is 0.0574. The molecule has 0 bridgehead atoms. The summed E-state index contributed by atoms with van der Waals surface area (Å²) < 4.78 is 5.60. The number of aliphatic hydroxyl groups excluding tert-OH is 1. The number of carbonyl (C=O) groups is 1. The summed E-state index contributed by atoms with van der Waals surface area (Å²) in [6, 6.07) is 0. The molecule has 4 heteroatoms. The molecule has 2 aliphatic rings. The fourth-order valence-corrected chi connectivity index (χ4v) is 2.96. The van der Waals surface area contributed by atoms with Crippen molar-refractivity contribution in [3.63, 3.8) is 0 Å². The van der Waals surface area contributed by atoms with Crippen LogP contribution >= 0.6 is 0 Å². The molecule has 0 spiro atoms. The van der Waals surface area contributed by atoms with Crippen LogP contribution in [-0.4, -0.2) is 54.2 Å². The van der Waals surface area contributed by atoms with Gasteiger partial charge in [-0.05, 0) is 32.7 Å². The highest BCUT2D eigenvalue weighted by Crippen LogP contribution is 2.25. The van der Waals surface area contributed by atoms with Gasteiger partial charge in [0.05, 0.1) is 18.8 Å². The summed E-state index contributed by atoms with van der Waals surface area (Å²) in [5.74, 6) is 0.741. The van der Waals surface area contributed by atoms with Crippen molar-refractivity contribution in [2.45, 2.75) is 44.8 Å². The van der Waals surface area contributed by atoms with Gasteiger partial charge in [-0.1, -0.05) is 0 Å². The minimum Gasteiger partial charge on any atom is -0.394 e. The van der Waals surface area contributed by atoms with Crippen molar-refractivity contribution in [1.29, 1.82) is 0 Å². The normalized spacial score (nSPS) is 35.4. The highest BCUT2D eigenvalue weighted by Gasteiger charge is 2.28. The van der Waals surface area contributed by atoms with Crippen molar-refractivity contribution < 1.29 is 14.6 Å². The average Bonchev–Trinajstić information content (AvgIpc) is 2.71. The zero-order chi connectivity index (χ0) is 12.3. The van der Waals surface area contributed by atoms with E-state index >= 15 is 0 Å². The van der Waals surface area contributed by atoms with E-state index in [2.05, 4.69) is 4.90 Å². The van der Waals surface area contributed by atoms with Gasteiger partial charge in [0.1, 0.15) is 5.78 Å². The molecule has 1 aliphatic heterocycles. The summed E-state index contributed by atoms with van der Waals surface area (Å²) in [7, 11) is 0. The third-order valence-corrected chi connectivity index (χ3v) is 3.83. The lowest BCUT2D eigenvalue weighted by Gasteiger charge is -2.36. The van der Waals surface area contributed by atoms with Crippen molar-refractivity contribution in [3.05, 3.63) is 0 Å². The molecule has 2 fully saturated rings. The summed E-state index contributed by atoms with van der Waals surface area (Å²) in [6.45, 7) is 4.79. The topological polar surface area (TPSA) is 49.8 Å². The van der Waals surface area contributed by atoms with Gasteiger partial charge in [-0.25, -0.2) is 0 Å². The predicted molar refractivity (Wildman–Crippen MR) is 64.8 cm³/mol. The maximum Gasteiger partial charge on any atom is 0.136 e. The van der Waals surface area contributed by atoms with Crippen LogP contribution in [0.25, 0.3) is 0 Å². The number of aliphatic hydroxyl groups is 1. The third-order valence-electron chi connectivity index (χ3n) is 3.83. The first-order chi connectivity index (χ1) is 8.19. The molecule has 1 saturated heterocycles. The lowest BCUT2D eigenvalue weighted by Crippen LogP contribution is -2.48. The largest absolute Gasteiger partial charge is 0.394 e. The summed E-state index contributed by atoms with van der Waals surface area (Å²) >= 11 is 0. The van der Waals surface area contributed by atoms with Crippen LogP contribution in [0.2, 0.25) is 0 Å². The molecule has 1 aliphatic carbocycles. The molecule has 0 aromatic heterocycles. The molecule has 1 saturated carbocycles. The molecule has 98 valence electrons. The van der Waals surface area contributed by atoms with E-state index in [0.29, 0.717) is 11.7 Å². The number of morpholine rings is 1. The van der Waals surface area contributed by atoms with E-state index in [4.69, 9.17) is 9.84 Å². The van der Waals surface area contributed by atoms with Crippen LogP contribution in [0.3, 0.4) is 0 Å². The molecule has 0 aromatic rings. The average molecular weight is 241 g/mol. The van der Waals surface area contributed by atoms with Crippen LogP contribution in [0.5, 0.6) is 0 Å². The number of rotatable bonds is 4. The summed E-state index contributed by atoms with van der Waals surface area (Å²) in [6.07, 6.45) is 4.02. The summed E-state index contributed by atoms with van der Waals surface area (Å²) in [4.78, 5) is 13.9. The van der Waals surface area contributed by atoms with Crippen LogP contribution in [0, 0.1) is 5.92 Å². The van der Waals surface area contributed by atoms with Gasteiger partial charge in [-0.2, -0.15) is 0 Å². The van der Waals surface area contributed by atoms with Gasteiger partial charge in [-0.3, -0.25) is 9.69 Å². The summed E-state index contributed by atoms with van der Waals surface area (Å²) in [5.41, 5.74) is 0. The molecule has 1 heterocycles. The number of hydrogen-bond acceptors (Lipinski definition) is 4. The Morgan fingerprint density at radius 1 is 1.47 bits per heavy atom. The zero-order valence-electron chi connectivity index (χ0n) is 10.6. The first-order valence-electron chi connectivity index (χ1n) is 6.70. The quantitative estimate of drug-likeness (QED) is 0.792.